The van der Waals surface area contributed by atoms with Crippen molar-refractivity contribution in [3.8, 4) is 0 Å². The van der Waals surface area contributed by atoms with Gasteiger partial charge in [-0.25, -0.2) is 13.4 Å². The molecule has 0 saturated heterocycles. The number of rotatable bonds is 1. The van der Waals surface area contributed by atoms with Crippen LogP contribution in [0, 0.1) is 6.92 Å². The smallest absolute Gasteiger partial charge is 0.211 e. The molecular formula is C8H13N3O2S. The standard InChI is InChI=1S/C8H13N3O2S/c1-6-9-7-3-4-11(14(2,12)13)5-8(7)10-6/h3-5H2,1-2H3,(H,9,10). The summed E-state index contributed by atoms with van der Waals surface area (Å²) in [6.45, 7) is 2.84. The monoisotopic (exact) mass is 215 g/mol. The Morgan fingerprint density at radius 2 is 2.21 bits per heavy atom. The number of hydrogen-bond acceptors (Lipinski definition) is 3. The predicted octanol–water partition coefficient (Wildman–Crippen LogP) is 0.0358. The fourth-order valence-electron chi connectivity index (χ4n) is 1.70. The van der Waals surface area contributed by atoms with E-state index in [1.165, 1.54) is 10.6 Å². The molecule has 1 aliphatic rings. The third-order valence-corrected chi connectivity index (χ3v) is 3.63. The van der Waals surface area contributed by atoms with Crippen LogP contribution in [-0.2, 0) is 23.0 Å². The van der Waals surface area contributed by atoms with Gasteiger partial charge in [0.25, 0.3) is 0 Å². The first-order valence-electron chi connectivity index (χ1n) is 4.46. The molecule has 0 amide bonds. The summed E-state index contributed by atoms with van der Waals surface area (Å²) in [5.74, 6) is 0.852. The first-order valence-corrected chi connectivity index (χ1v) is 6.31. The van der Waals surface area contributed by atoms with Crippen molar-refractivity contribution >= 4 is 10.0 Å². The lowest BCUT2D eigenvalue weighted by Crippen LogP contribution is -2.35. The number of aromatic amines is 1. The molecule has 5 nitrogen and oxygen atoms in total. The molecule has 6 heteroatoms. The van der Waals surface area contributed by atoms with Crippen LogP contribution in [0.25, 0.3) is 0 Å². The number of aryl methyl sites for hydroxylation is 1. The number of aromatic nitrogens is 2. The third-order valence-electron chi connectivity index (χ3n) is 2.38. The van der Waals surface area contributed by atoms with Gasteiger partial charge in [0.15, 0.2) is 0 Å². The van der Waals surface area contributed by atoms with Gasteiger partial charge in [-0.05, 0) is 6.92 Å². The van der Waals surface area contributed by atoms with Crippen molar-refractivity contribution in [2.24, 2.45) is 0 Å². The van der Waals surface area contributed by atoms with Crippen LogP contribution in [0.4, 0.5) is 0 Å². The van der Waals surface area contributed by atoms with Gasteiger partial charge in [0.2, 0.25) is 10.0 Å². The van der Waals surface area contributed by atoms with Crippen molar-refractivity contribution in [2.75, 3.05) is 12.8 Å². The Kier molecular flexibility index (Phi) is 2.11. The summed E-state index contributed by atoms with van der Waals surface area (Å²) in [6, 6.07) is 0. The Bertz CT molecular complexity index is 449. The molecule has 1 aromatic heterocycles. The molecule has 0 radical (unpaired) electrons. The molecule has 0 saturated carbocycles. The Hall–Kier alpha value is -0.880. The van der Waals surface area contributed by atoms with E-state index in [0.717, 1.165) is 17.2 Å². The van der Waals surface area contributed by atoms with Crippen molar-refractivity contribution in [1.29, 1.82) is 0 Å². The Labute approximate surface area is 83.2 Å². The van der Waals surface area contributed by atoms with Crippen molar-refractivity contribution in [1.82, 2.24) is 14.3 Å². The van der Waals surface area contributed by atoms with Crippen LogP contribution in [-0.4, -0.2) is 35.5 Å². The Balaban J connectivity index is 2.30. The third kappa shape index (κ3) is 1.67. The molecule has 2 heterocycles. The van der Waals surface area contributed by atoms with Gasteiger partial charge >= 0.3 is 0 Å². The molecule has 0 aromatic carbocycles. The maximum Gasteiger partial charge on any atom is 0.211 e. The average molecular weight is 215 g/mol. The minimum atomic E-state index is -3.07. The lowest BCUT2D eigenvalue weighted by atomic mass is 10.2. The van der Waals surface area contributed by atoms with Crippen molar-refractivity contribution in [2.45, 2.75) is 19.9 Å². The Morgan fingerprint density at radius 3 is 2.86 bits per heavy atom. The van der Waals surface area contributed by atoms with Crippen LogP contribution in [0.3, 0.4) is 0 Å². The largest absolute Gasteiger partial charge is 0.345 e. The van der Waals surface area contributed by atoms with Crippen LogP contribution in [0.2, 0.25) is 0 Å². The first-order chi connectivity index (χ1) is 6.47. The number of sulfonamides is 1. The van der Waals surface area contributed by atoms with Crippen molar-refractivity contribution < 1.29 is 8.42 Å². The van der Waals surface area contributed by atoms with E-state index in [2.05, 4.69) is 9.97 Å². The summed E-state index contributed by atoms with van der Waals surface area (Å²) >= 11 is 0. The molecule has 0 bridgehead atoms. The molecule has 0 atom stereocenters. The fraction of sp³-hybridized carbons (Fsp3) is 0.625. The molecule has 78 valence electrons. The summed E-state index contributed by atoms with van der Waals surface area (Å²) in [5.41, 5.74) is 1.93. The maximum absolute atomic E-state index is 11.3. The quantitative estimate of drug-likeness (QED) is 0.719. The number of H-pyrrole nitrogens is 1. The molecular weight excluding hydrogens is 202 g/mol. The minimum Gasteiger partial charge on any atom is -0.345 e. The summed E-state index contributed by atoms with van der Waals surface area (Å²) < 4.78 is 24.1. The van der Waals surface area contributed by atoms with Crippen molar-refractivity contribution in [3.05, 3.63) is 17.2 Å². The minimum absolute atomic E-state index is 0.426. The average Bonchev–Trinajstić information content (AvgIpc) is 2.41. The second kappa shape index (κ2) is 3.06. The molecule has 0 spiro atoms. The van der Waals surface area contributed by atoms with Crippen LogP contribution < -0.4 is 0 Å². The van der Waals surface area contributed by atoms with Crippen LogP contribution in [0.5, 0.6) is 0 Å². The molecule has 0 aliphatic carbocycles. The van der Waals surface area contributed by atoms with Gasteiger partial charge in [-0.15, -0.1) is 0 Å². The molecule has 0 fully saturated rings. The zero-order chi connectivity index (χ0) is 10.3. The normalized spacial score (nSPS) is 18.1. The topological polar surface area (TPSA) is 66.1 Å². The van der Waals surface area contributed by atoms with Crippen LogP contribution in [0.15, 0.2) is 0 Å². The second-order valence-electron chi connectivity index (χ2n) is 3.59. The number of imidazole rings is 1. The number of fused-ring (bicyclic) bond motifs is 1. The zero-order valence-electron chi connectivity index (χ0n) is 8.24. The first kappa shape index (κ1) is 9.67. The van der Waals surface area contributed by atoms with Gasteiger partial charge in [0.1, 0.15) is 5.82 Å². The number of nitrogens with zero attached hydrogens (tertiary/aromatic N) is 2. The van der Waals surface area contributed by atoms with Gasteiger partial charge in [0, 0.05) is 13.0 Å². The van der Waals surface area contributed by atoms with Gasteiger partial charge in [-0.3, -0.25) is 0 Å². The van der Waals surface area contributed by atoms with Crippen molar-refractivity contribution in [3.63, 3.8) is 0 Å². The second-order valence-corrected chi connectivity index (χ2v) is 5.58. The Morgan fingerprint density at radius 1 is 1.50 bits per heavy atom. The van der Waals surface area contributed by atoms with Gasteiger partial charge in [-0.1, -0.05) is 0 Å². The highest BCUT2D eigenvalue weighted by atomic mass is 32.2. The van der Waals surface area contributed by atoms with E-state index < -0.39 is 10.0 Å². The molecule has 1 aromatic rings. The van der Waals surface area contributed by atoms with E-state index in [4.69, 9.17) is 0 Å². The summed E-state index contributed by atoms with van der Waals surface area (Å²) in [5, 5.41) is 0. The summed E-state index contributed by atoms with van der Waals surface area (Å²) in [7, 11) is -3.07. The molecule has 1 aliphatic heterocycles. The fourth-order valence-corrected chi connectivity index (χ4v) is 2.48. The van der Waals surface area contributed by atoms with E-state index in [9.17, 15) is 8.42 Å². The molecule has 2 rings (SSSR count). The van der Waals surface area contributed by atoms with Gasteiger partial charge < -0.3 is 4.98 Å². The molecule has 1 N–H and O–H groups in total. The molecule has 14 heavy (non-hydrogen) atoms. The number of nitrogens with one attached hydrogen (secondary N) is 1. The summed E-state index contributed by atoms with van der Waals surface area (Å²) in [4.78, 5) is 7.37. The number of hydrogen-bond donors (Lipinski definition) is 1. The van der Waals surface area contributed by atoms with E-state index >= 15 is 0 Å². The highest BCUT2D eigenvalue weighted by Gasteiger charge is 2.24. The highest BCUT2D eigenvalue weighted by molar-refractivity contribution is 7.88. The summed E-state index contributed by atoms with van der Waals surface area (Å²) in [6.07, 6.45) is 1.94. The van der Waals surface area contributed by atoms with Crippen LogP contribution in [0.1, 0.15) is 17.2 Å². The highest BCUT2D eigenvalue weighted by Crippen LogP contribution is 2.18. The lowest BCUT2D eigenvalue weighted by molar-refractivity contribution is 0.389. The van der Waals surface area contributed by atoms with E-state index in [1.54, 1.807) is 0 Å². The van der Waals surface area contributed by atoms with E-state index in [0.29, 0.717) is 19.5 Å². The predicted molar refractivity (Wildman–Crippen MR) is 52.3 cm³/mol. The SMILES string of the molecule is Cc1nc2c([nH]1)CN(S(C)(=O)=O)CC2. The van der Waals surface area contributed by atoms with E-state index in [-0.39, 0.29) is 0 Å². The maximum atomic E-state index is 11.3. The van der Waals surface area contributed by atoms with Gasteiger partial charge in [0.05, 0.1) is 24.2 Å². The van der Waals surface area contributed by atoms with E-state index in [1.807, 2.05) is 6.92 Å². The zero-order valence-corrected chi connectivity index (χ0v) is 9.06. The lowest BCUT2D eigenvalue weighted by Gasteiger charge is -2.23. The van der Waals surface area contributed by atoms with Crippen LogP contribution >= 0.6 is 0 Å². The van der Waals surface area contributed by atoms with Gasteiger partial charge in [-0.2, -0.15) is 4.31 Å². The molecule has 0 unspecified atom stereocenters.